The molecule has 4 nitrogen and oxygen atoms in total. The van der Waals surface area contributed by atoms with Crippen LogP contribution in [-0.4, -0.2) is 10.2 Å². The highest BCUT2D eigenvalue weighted by Crippen LogP contribution is 2.25. The van der Waals surface area contributed by atoms with Crippen LogP contribution >= 0.6 is 23.4 Å². The Labute approximate surface area is 121 Å². The molecule has 1 atom stereocenters. The third kappa shape index (κ3) is 3.96. The quantitative estimate of drug-likeness (QED) is 0.853. The number of halogens is 1. The Morgan fingerprint density at radius 1 is 1.26 bits per heavy atom. The van der Waals surface area contributed by atoms with E-state index < -0.39 is 0 Å². The Kier molecular flexibility index (Phi) is 4.85. The zero-order valence-electron chi connectivity index (χ0n) is 10.8. The molecule has 0 radical (unpaired) electrons. The maximum absolute atomic E-state index is 5.95. The van der Waals surface area contributed by atoms with Crippen LogP contribution < -0.4 is 5.73 Å². The molecule has 0 amide bonds. The summed E-state index contributed by atoms with van der Waals surface area (Å²) in [7, 11) is 0. The zero-order valence-corrected chi connectivity index (χ0v) is 12.4. The highest BCUT2D eigenvalue weighted by atomic mass is 35.5. The first-order valence-electron chi connectivity index (χ1n) is 6.02. The summed E-state index contributed by atoms with van der Waals surface area (Å²) in [4.78, 5) is 0. The van der Waals surface area contributed by atoms with Crippen LogP contribution in [0.15, 0.2) is 33.9 Å². The van der Waals surface area contributed by atoms with Crippen LogP contribution in [0.25, 0.3) is 0 Å². The van der Waals surface area contributed by atoms with E-state index in [4.69, 9.17) is 21.8 Å². The number of thioether (sulfide) groups is 1. The van der Waals surface area contributed by atoms with Gasteiger partial charge >= 0.3 is 0 Å². The number of nitrogens with zero attached hydrogens (tertiary/aromatic N) is 2. The lowest BCUT2D eigenvalue weighted by molar-refractivity contribution is 0.349. The first-order chi connectivity index (χ1) is 9.06. The van der Waals surface area contributed by atoms with Crippen molar-refractivity contribution in [2.45, 2.75) is 30.9 Å². The maximum Gasteiger partial charge on any atom is 0.276 e. The average molecular weight is 298 g/mol. The monoisotopic (exact) mass is 297 g/mol. The second kappa shape index (κ2) is 6.41. The summed E-state index contributed by atoms with van der Waals surface area (Å²) in [5.74, 6) is 1.53. The van der Waals surface area contributed by atoms with Gasteiger partial charge in [-0.15, -0.1) is 10.2 Å². The summed E-state index contributed by atoms with van der Waals surface area (Å²) in [6, 6.07) is 7.48. The Hall–Kier alpha value is -1.04. The molecule has 0 saturated carbocycles. The molecule has 0 unspecified atom stereocenters. The molecule has 2 N–H and O–H groups in total. The summed E-state index contributed by atoms with van der Waals surface area (Å²) >= 11 is 7.33. The fourth-order valence-corrected chi connectivity index (χ4v) is 2.28. The topological polar surface area (TPSA) is 64.9 Å². The molecule has 0 aliphatic rings. The summed E-state index contributed by atoms with van der Waals surface area (Å²) in [5, 5.41) is 9.25. The Balaban J connectivity index is 1.95. The lowest BCUT2D eigenvalue weighted by atomic mass is 10.1. The predicted molar refractivity (Wildman–Crippen MR) is 77.1 cm³/mol. The number of rotatable bonds is 5. The van der Waals surface area contributed by atoms with Gasteiger partial charge in [0, 0.05) is 10.8 Å². The molecule has 0 fully saturated rings. The Bertz CT molecular complexity index is 527. The van der Waals surface area contributed by atoms with Crippen molar-refractivity contribution in [3.8, 4) is 0 Å². The normalized spacial score (nSPS) is 12.9. The van der Waals surface area contributed by atoms with Gasteiger partial charge in [-0.2, -0.15) is 0 Å². The van der Waals surface area contributed by atoms with E-state index in [9.17, 15) is 0 Å². The fraction of sp³-hybridized carbons (Fsp3) is 0.385. The van der Waals surface area contributed by atoms with Crippen LogP contribution in [0.2, 0.25) is 5.02 Å². The van der Waals surface area contributed by atoms with E-state index in [2.05, 4.69) is 10.2 Å². The Morgan fingerprint density at radius 3 is 2.58 bits per heavy atom. The first kappa shape index (κ1) is 14.4. The molecular formula is C13H16ClN3OS. The second-order valence-electron chi connectivity index (χ2n) is 4.59. The SMILES string of the molecule is CC(C)[C@@H](N)c1nnc(SCc2ccc(Cl)cc2)o1. The van der Waals surface area contributed by atoms with E-state index in [-0.39, 0.29) is 12.0 Å². The van der Waals surface area contributed by atoms with Crippen LogP contribution in [0.5, 0.6) is 0 Å². The number of hydrogen-bond donors (Lipinski definition) is 1. The van der Waals surface area contributed by atoms with E-state index in [1.54, 1.807) is 0 Å². The van der Waals surface area contributed by atoms with E-state index in [0.29, 0.717) is 11.1 Å². The molecular weight excluding hydrogens is 282 g/mol. The molecule has 6 heteroatoms. The zero-order chi connectivity index (χ0) is 13.8. The third-order valence-electron chi connectivity index (χ3n) is 2.70. The lowest BCUT2D eigenvalue weighted by Crippen LogP contribution is -2.16. The largest absolute Gasteiger partial charge is 0.414 e. The van der Waals surface area contributed by atoms with Crippen LogP contribution in [0.4, 0.5) is 0 Å². The van der Waals surface area contributed by atoms with E-state index in [1.807, 2.05) is 38.1 Å². The van der Waals surface area contributed by atoms with E-state index in [1.165, 1.54) is 11.8 Å². The smallest absolute Gasteiger partial charge is 0.276 e. The number of aromatic nitrogens is 2. The molecule has 0 bridgehead atoms. The van der Waals surface area contributed by atoms with Crippen LogP contribution in [0.3, 0.4) is 0 Å². The highest BCUT2D eigenvalue weighted by molar-refractivity contribution is 7.98. The second-order valence-corrected chi connectivity index (χ2v) is 5.95. The minimum Gasteiger partial charge on any atom is -0.414 e. The van der Waals surface area contributed by atoms with Crippen molar-refractivity contribution in [3.05, 3.63) is 40.7 Å². The lowest BCUT2D eigenvalue weighted by Gasteiger charge is -2.09. The van der Waals surface area contributed by atoms with Gasteiger partial charge in [0.05, 0.1) is 6.04 Å². The van der Waals surface area contributed by atoms with Gasteiger partial charge in [0.15, 0.2) is 0 Å². The number of benzene rings is 1. The van der Waals surface area contributed by atoms with Gasteiger partial charge in [-0.1, -0.05) is 49.3 Å². The maximum atomic E-state index is 5.95. The van der Waals surface area contributed by atoms with Gasteiger partial charge in [-0.05, 0) is 23.6 Å². The minimum absolute atomic E-state index is 0.211. The van der Waals surface area contributed by atoms with Crippen LogP contribution in [0.1, 0.15) is 31.3 Å². The third-order valence-corrected chi connectivity index (χ3v) is 3.84. The van der Waals surface area contributed by atoms with Gasteiger partial charge < -0.3 is 10.2 Å². The van der Waals surface area contributed by atoms with Crippen molar-refractivity contribution in [2.75, 3.05) is 0 Å². The molecule has 1 heterocycles. The van der Waals surface area contributed by atoms with Crippen LogP contribution in [-0.2, 0) is 5.75 Å². The van der Waals surface area contributed by atoms with E-state index in [0.717, 1.165) is 16.3 Å². The molecule has 102 valence electrons. The number of nitrogens with two attached hydrogens (primary N) is 1. The molecule has 0 aliphatic heterocycles. The number of hydrogen-bond acceptors (Lipinski definition) is 5. The fourth-order valence-electron chi connectivity index (χ4n) is 1.42. The highest BCUT2D eigenvalue weighted by Gasteiger charge is 2.17. The van der Waals surface area contributed by atoms with Crippen molar-refractivity contribution in [1.82, 2.24) is 10.2 Å². The minimum atomic E-state index is -0.211. The molecule has 2 rings (SSSR count). The Morgan fingerprint density at radius 2 is 1.95 bits per heavy atom. The van der Waals surface area contributed by atoms with Crippen molar-refractivity contribution in [3.63, 3.8) is 0 Å². The molecule has 0 aliphatic carbocycles. The summed E-state index contributed by atoms with van der Waals surface area (Å²) < 4.78 is 5.54. The standard InChI is InChI=1S/C13H16ClN3OS/c1-8(2)11(15)12-16-17-13(18-12)19-7-9-3-5-10(14)6-4-9/h3-6,8,11H,7,15H2,1-2H3/t11-/m1/s1. The molecule has 0 saturated heterocycles. The van der Waals surface area contributed by atoms with Gasteiger partial charge in [-0.25, -0.2) is 0 Å². The van der Waals surface area contributed by atoms with Crippen molar-refractivity contribution in [2.24, 2.45) is 11.7 Å². The summed E-state index contributed by atoms with van der Waals surface area (Å²) in [6.45, 7) is 4.05. The van der Waals surface area contributed by atoms with Crippen molar-refractivity contribution >= 4 is 23.4 Å². The van der Waals surface area contributed by atoms with Gasteiger partial charge in [0.1, 0.15) is 0 Å². The van der Waals surface area contributed by atoms with Crippen LogP contribution in [0, 0.1) is 5.92 Å². The van der Waals surface area contributed by atoms with Crippen molar-refractivity contribution in [1.29, 1.82) is 0 Å². The summed E-state index contributed by atoms with van der Waals surface area (Å²) in [6.07, 6.45) is 0. The van der Waals surface area contributed by atoms with Crippen molar-refractivity contribution < 1.29 is 4.42 Å². The van der Waals surface area contributed by atoms with Gasteiger partial charge in [0.25, 0.3) is 5.22 Å². The molecule has 1 aromatic carbocycles. The molecule has 0 spiro atoms. The molecule has 1 aromatic heterocycles. The van der Waals surface area contributed by atoms with Gasteiger partial charge in [-0.3, -0.25) is 0 Å². The predicted octanol–water partition coefficient (Wildman–Crippen LogP) is 3.67. The van der Waals surface area contributed by atoms with Gasteiger partial charge in [0.2, 0.25) is 5.89 Å². The average Bonchev–Trinajstić information content (AvgIpc) is 2.86. The first-order valence-corrected chi connectivity index (χ1v) is 7.39. The van der Waals surface area contributed by atoms with E-state index >= 15 is 0 Å². The summed E-state index contributed by atoms with van der Waals surface area (Å²) in [5.41, 5.74) is 7.11. The molecule has 19 heavy (non-hydrogen) atoms. The molecule has 2 aromatic rings.